The number of nitro groups is 1. The minimum absolute atomic E-state index is 0.00205. The summed E-state index contributed by atoms with van der Waals surface area (Å²) in [6.45, 7) is 2.08. The topological polar surface area (TPSA) is 85.0 Å². The molecule has 110 valence electrons. The number of hydrogen-bond donors (Lipinski definition) is 0. The number of aromatic nitrogens is 3. The summed E-state index contributed by atoms with van der Waals surface area (Å²) < 4.78 is 0. The van der Waals surface area contributed by atoms with Gasteiger partial charge in [0.15, 0.2) is 0 Å². The van der Waals surface area contributed by atoms with Crippen LogP contribution in [0, 0.1) is 17.0 Å². The van der Waals surface area contributed by atoms with Crippen LogP contribution in [0.15, 0.2) is 24.4 Å². The molecule has 2 aromatic rings. The first-order valence-electron chi connectivity index (χ1n) is 6.28. The molecule has 21 heavy (non-hydrogen) atoms. The van der Waals surface area contributed by atoms with Gasteiger partial charge in [0.1, 0.15) is 5.69 Å². The summed E-state index contributed by atoms with van der Waals surface area (Å²) in [5.74, 6) is 0.216. The lowest BCUT2D eigenvalue weighted by Crippen LogP contribution is -2.23. The second-order valence-corrected chi connectivity index (χ2v) is 4.84. The summed E-state index contributed by atoms with van der Waals surface area (Å²) in [6, 6.07) is 5.64. The van der Waals surface area contributed by atoms with E-state index in [2.05, 4.69) is 15.0 Å². The van der Waals surface area contributed by atoms with E-state index in [4.69, 9.17) is 11.6 Å². The fourth-order valence-electron chi connectivity index (χ4n) is 1.93. The summed E-state index contributed by atoms with van der Waals surface area (Å²) in [5, 5.41) is 11.2. The van der Waals surface area contributed by atoms with Crippen molar-refractivity contribution in [1.29, 1.82) is 0 Å². The van der Waals surface area contributed by atoms with Crippen molar-refractivity contribution in [3.8, 4) is 0 Å². The molecule has 0 bridgehead atoms. The Morgan fingerprint density at radius 1 is 1.38 bits per heavy atom. The number of halogens is 1. The van der Waals surface area contributed by atoms with E-state index in [1.165, 1.54) is 0 Å². The highest BCUT2D eigenvalue weighted by molar-refractivity contribution is 6.28. The quantitative estimate of drug-likeness (QED) is 0.479. The highest BCUT2D eigenvalue weighted by atomic mass is 35.5. The first-order valence-corrected chi connectivity index (χ1v) is 6.66. The van der Waals surface area contributed by atoms with Gasteiger partial charge in [-0.25, -0.2) is 4.98 Å². The lowest BCUT2D eigenvalue weighted by Gasteiger charge is -2.18. The predicted molar refractivity (Wildman–Crippen MR) is 79.6 cm³/mol. The Kier molecular flexibility index (Phi) is 4.64. The zero-order valence-electron chi connectivity index (χ0n) is 11.7. The number of pyridine rings is 1. The summed E-state index contributed by atoms with van der Waals surface area (Å²) in [4.78, 5) is 24.4. The van der Waals surface area contributed by atoms with Crippen molar-refractivity contribution in [3.63, 3.8) is 0 Å². The van der Waals surface area contributed by atoms with Gasteiger partial charge in [-0.15, -0.1) is 0 Å². The van der Waals surface area contributed by atoms with Crippen LogP contribution in [0.2, 0.25) is 5.28 Å². The summed E-state index contributed by atoms with van der Waals surface area (Å²) >= 11 is 5.80. The summed E-state index contributed by atoms with van der Waals surface area (Å²) in [5.41, 5.74) is 1.03. The van der Waals surface area contributed by atoms with E-state index in [1.54, 1.807) is 25.1 Å². The Hall–Kier alpha value is -2.28. The maximum absolute atomic E-state index is 11.2. The van der Waals surface area contributed by atoms with E-state index in [0.717, 1.165) is 5.69 Å². The van der Waals surface area contributed by atoms with Crippen molar-refractivity contribution >= 4 is 23.1 Å². The Morgan fingerprint density at radius 2 is 2.14 bits per heavy atom. The van der Waals surface area contributed by atoms with Gasteiger partial charge in [-0.1, -0.05) is 6.07 Å². The Bertz CT molecular complexity index is 651. The van der Waals surface area contributed by atoms with Gasteiger partial charge in [0.2, 0.25) is 11.1 Å². The van der Waals surface area contributed by atoms with Crippen molar-refractivity contribution in [2.75, 3.05) is 18.5 Å². The number of hydrogen-bond acceptors (Lipinski definition) is 6. The molecular weight excluding hydrogens is 294 g/mol. The van der Waals surface area contributed by atoms with Crippen LogP contribution in [-0.2, 0) is 6.42 Å². The molecule has 0 N–H and O–H groups in total. The second-order valence-electron chi connectivity index (χ2n) is 4.50. The average molecular weight is 308 g/mol. The maximum Gasteiger partial charge on any atom is 0.332 e. The van der Waals surface area contributed by atoms with E-state index in [0.29, 0.717) is 13.0 Å². The summed E-state index contributed by atoms with van der Waals surface area (Å²) in [7, 11) is 1.73. The molecule has 8 heteroatoms. The first kappa shape index (κ1) is 15.1. The Morgan fingerprint density at radius 3 is 2.76 bits per heavy atom. The zero-order valence-corrected chi connectivity index (χ0v) is 12.4. The van der Waals surface area contributed by atoms with E-state index in [1.807, 2.05) is 18.2 Å². The predicted octanol–water partition coefficient (Wildman–Crippen LogP) is 2.42. The number of nitrogens with zero attached hydrogens (tertiary/aromatic N) is 5. The molecule has 0 aliphatic heterocycles. The van der Waals surface area contributed by atoms with Crippen molar-refractivity contribution in [2.45, 2.75) is 13.3 Å². The van der Waals surface area contributed by atoms with Crippen molar-refractivity contribution in [2.24, 2.45) is 0 Å². The van der Waals surface area contributed by atoms with Crippen LogP contribution < -0.4 is 4.90 Å². The highest BCUT2D eigenvalue weighted by Gasteiger charge is 2.24. The molecule has 2 aromatic heterocycles. The van der Waals surface area contributed by atoms with Gasteiger partial charge in [-0.05, 0) is 30.7 Å². The van der Waals surface area contributed by atoms with E-state index in [-0.39, 0.29) is 22.5 Å². The molecule has 2 heterocycles. The second kappa shape index (κ2) is 6.45. The maximum atomic E-state index is 11.2. The number of anilines is 1. The fourth-order valence-corrected chi connectivity index (χ4v) is 2.14. The molecule has 7 nitrogen and oxygen atoms in total. The first-order chi connectivity index (χ1) is 9.99. The zero-order chi connectivity index (χ0) is 15.4. The van der Waals surface area contributed by atoms with Gasteiger partial charge in [0, 0.05) is 31.9 Å². The van der Waals surface area contributed by atoms with E-state index < -0.39 is 4.92 Å². The SMILES string of the molecule is Cc1nc(Cl)nc(N(C)CCc2ccccn2)c1[N+](=O)[O-]. The van der Waals surface area contributed by atoms with Crippen molar-refractivity contribution in [3.05, 3.63) is 51.2 Å². The standard InChI is InChI=1S/C13H14ClN5O2/c1-9-11(19(20)21)12(17-13(14)16-9)18(2)8-6-10-5-3-4-7-15-10/h3-5,7H,6,8H2,1-2H3. The van der Waals surface area contributed by atoms with E-state index in [9.17, 15) is 10.1 Å². The highest BCUT2D eigenvalue weighted by Crippen LogP contribution is 2.29. The molecule has 0 atom stereocenters. The molecule has 0 saturated carbocycles. The molecule has 0 amide bonds. The molecule has 0 aromatic carbocycles. The third kappa shape index (κ3) is 3.63. The van der Waals surface area contributed by atoms with Gasteiger partial charge < -0.3 is 4.90 Å². The molecular formula is C13H14ClN5O2. The molecule has 0 saturated heterocycles. The Labute approximate surface area is 126 Å². The van der Waals surface area contributed by atoms with Crippen LogP contribution in [0.5, 0.6) is 0 Å². The minimum Gasteiger partial charge on any atom is -0.353 e. The number of rotatable bonds is 5. The molecule has 0 aliphatic carbocycles. The smallest absolute Gasteiger partial charge is 0.332 e. The Balaban J connectivity index is 2.22. The molecule has 2 rings (SSSR count). The fraction of sp³-hybridized carbons (Fsp3) is 0.308. The molecule has 0 aliphatic rings. The summed E-state index contributed by atoms with van der Waals surface area (Å²) in [6.07, 6.45) is 2.36. The molecule has 0 spiro atoms. The third-order valence-electron chi connectivity index (χ3n) is 2.99. The number of likely N-dealkylation sites (N-methyl/N-ethyl adjacent to an activating group) is 1. The molecule has 0 radical (unpaired) electrons. The van der Waals surface area contributed by atoms with Crippen molar-refractivity contribution < 1.29 is 4.92 Å². The average Bonchev–Trinajstić information content (AvgIpc) is 2.44. The van der Waals surface area contributed by atoms with E-state index >= 15 is 0 Å². The largest absolute Gasteiger partial charge is 0.353 e. The van der Waals surface area contributed by atoms with Gasteiger partial charge in [-0.3, -0.25) is 15.1 Å². The van der Waals surface area contributed by atoms with Gasteiger partial charge in [0.05, 0.1) is 4.92 Å². The van der Waals surface area contributed by atoms with Crippen LogP contribution in [0.4, 0.5) is 11.5 Å². The molecule has 0 fully saturated rings. The van der Waals surface area contributed by atoms with Gasteiger partial charge in [0.25, 0.3) is 0 Å². The van der Waals surface area contributed by atoms with Gasteiger partial charge >= 0.3 is 5.69 Å². The number of aryl methyl sites for hydroxylation is 1. The third-order valence-corrected chi connectivity index (χ3v) is 3.16. The van der Waals surface area contributed by atoms with Crippen molar-refractivity contribution in [1.82, 2.24) is 15.0 Å². The van der Waals surface area contributed by atoms with Crippen LogP contribution in [0.3, 0.4) is 0 Å². The van der Waals surface area contributed by atoms with Gasteiger partial charge in [-0.2, -0.15) is 4.98 Å². The minimum atomic E-state index is -0.488. The lowest BCUT2D eigenvalue weighted by molar-refractivity contribution is -0.385. The normalized spacial score (nSPS) is 10.4. The lowest BCUT2D eigenvalue weighted by atomic mass is 10.2. The van der Waals surface area contributed by atoms with Crippen LogP contribution in [-0.4, -0.2) is 33.5 Å². The molecule has 0 unspecified atom stereocenters. The van der Waals surface area contributed by atoms with Crippen LogP contribution >= 0.6 is 11.6 Å². The monoisotopic (exact) mass is 307 g/mol. The van der Waals surface area contributed by atoms with Crippen LogP contribution in [0.1, 0.15) is 11.4 Å². The van der Waals surface area contributed by atoms with Crippen LogP contribution in [0.25, 0.3) is 0 Å².